The Labute approximate surface area is 155 Å². The lowest BCUT2D eigenvalue weighted by Gasteiger charge is -2.25. The average molecular weight is 370 g/mol. The molecule has 1 saturated heterocycles. The molecular formula is C20H19FN2O4. The highest BCUT2D eigenvalue weighted by molar-refractivity contribution is 6.07. The maximum Gasteiger partial charge on any atom is 0.337 e. The minimum absolute atomic E-state index is 0.0123. The molecule has 1 N–H and O–H groups in total. The molecular weight excluding hydrogens is 351 g/mol. The number of imide groups is 1. The molecule has 0 radical (unpaired) electrons. The normalized spacial score (nSPS) is 19.1. The first-order valence-corrected chi connectivity index (χ1v) is 8.48. The van der Waals surface area contributed by atoms with Crippen LogP contribution < -0.4 is 5.32 Å². The Hall–Kier alpha value is -3.22. The number of nitrogens with one attached hydrogen (secondary N) is 1. The summed E-state index contributed by atoms with van der Waals surface area (Å²) < 4.78 is 17.9. The second-order valence-electron chi connectivity index (χ2n) is 6.28. The maximum absolute atomic E-state index is 13.3. The summed E-state index contributed by atoms with van der Waals surface area (Å²) in [7, 11) is 1.28. The van der Waals surface area contributed by atoms with Crippen molar-refractivity contribution >= 4 is 17.9 Å². The molecule has 1 heterocycles. The van der Waals surface area contributed by atoms with Crippen LogP contribution in [0.5, 0.6) is 0 Å². The summed E-state index contributed by atoms with van der Waals surface area (Å²) in [6.07, 6.45) is 0.321. The van der Waals surface area contributed by atoms with Gasteiger partial charge < -0.3 is 10.1 Å². The summed E-state index contributed by atoms with van der Waals surface area (Å²) in [5, 5.41) is 2.74. The van der Waals surface area contributed by atoms with Gasteiger partial charge in [0.05, 0.1) is 19.2 Å². The molecule has 0 unspecified atom stereocenters. The van der Waals surface area contributed by atoms with Gasteiger partial charge in [0.15, 0.2) is 0 Å². The van der Waals surface area contributed by atoms with E-state index in [1.54, 1.807) is 31.2 Å². The zero-order valence-corrected chi connectivity index (χ0v) is 15.0. The number of hydrogen-bond acceptors (Lipinski definition) is 4. The molecule has 3 rings (SSSR count). The Bertz CT molecular complexity index is 897. The van der Waals surface area contributed by atoms with Crippen LogP contribution >= 0.6 is 0 Å². The number of halogens is 1. The van der Waals surface area contributed by atoms with Gasteiger partial charge in [-0.25, -0.2) is 14.0 Å². The summed E-state index contributed by atoms with van der Waals surface area (Å²) >= 11 is 0. The molecule has 0 saturated carbocycles. The average Bonchev–Trinajstić information content (AvgIpc) is 2.93. The van der Waals surface area contributed by atoms with E-state index in [1.807, 2.05) is 0 Å². The van der Waals surface area contributed by atoms with Gasteiger partial charge in [0.25, 0.3) is 5.91 Å². The van der Waals surface area contributed by atoms with Crippen molar-refractivity contribution in [2.45, 2.75) is 25.4 Å². The highest BCUT2D eigenvalue weighted by Gasteiger charge is 2.51. The number of ether oxygens (including phenoxy) is 1. The Balaban J connectivity index is 1.90. The summed E-state index contributed by atoms with van der Waals surface area (Å²) in [5.41, 5.74) is 0.246. The van der Waals surface area contributed by atoms with Crippen LogP contribution in [-0.4, -0.2) is 29.9 Å². The van der Waals surface area contributed by atoms with Crippen LogP contribution in [0.3, 0.4) is 0 Å². The van der Waals surface area contributed by atoms with Crippen molar-refractivity contribution in [3.05, 3.63) is 71.0 Å². The largest absolute Gasteiger partial charge is 0.465 e. The van der Waals surface area contributed by atoms with Crippen molar-refractivity contribution in [1.82, 2.24) is 10.2 Å². The van der Waals surface area contributed by atoms with E-state index in [0.29, 0.717) is 23.1 Å². The van der Waals surface area contributed by atoms with Gasteiger partial charge in [-0.3, -0.25) is 9.69 Å². The molecule has 1 atom stereocenters. The molecule has 0 bridgehead atoms. The first kappa shape index (κ1) is 18.6. The molecule has 140 valence electrons. The van der Waals surface area contributed by atoms with E-state index in [4.69, 9.17) is 4.74 Å². The minimum atomic E-state index is -1.23. The van der Waals surface area contributed by atoms with Crippen LogP contribution in [-0.2, 0) is 21.6 Å². The number of esters is 1. The maximum atomic E-state index is 13.3. The van der Waals surface area contributed by atoms with Crippen molar-refractivity contribution in [3.8, 4) is 0 Å². The first-order valence-electron chi connectivity index (χ1n) is 8.48. The molecule has 0 aliphatic carbocycles. The molecule has 27 heavy (non-hydrogen) atoms. The fraction of sp³-hybridized carbons (Fsp3) is 0.250. The Morgan fingerprint density at radius 3 is 2.52 bits per heavy atom. The molecule has 1 fully saturated rings. The van der Waals surface area contributed by atoms with Crippen molar-refractivity contribution < 1.29 is 23.5 Å². The smallest absolute Gasteiger partial charge is 0.337 e. The lowest BCUT2D eigenvalue weighted by Crippen LogP contribution is -2.43. The molecule has 2 aromatic rings. The second kappa shape index (κ2) is 7.19. The molecule has 7 heteroatoms. The molecule has 1 aliphatic heterocycles. The number of amides is 3. The van der Waals surface area contributed by atoms with E-state index in [1.165, 1.54) is 31.4 Å². The van der Waals surface area contributed by atoms with Crippen LogP contribution in [0, 0.1) is 5.82 Å². The topological polar surface area (TPSA) is 75.7 Å². The van der Waals surface area contributed by atoms with Crippen LogP contribution in [0.25, 0.3) is 0 Å². The Morgan fingerprint density at radius 1 is 1.19 bits per heavy atom. The van der Waals surface area contributed by atoms with Crippen molar-refractivity contribution in [2.75, 3.05) is 7.11 Å². The van der Waals surface area contributed by atoms with Gasteiger partial charge >= 0.3 is 12.0 Å². The summed E-state index contributed by atoms with van der Waals surface area (Å²) in [6.45, 7) is 1.79. The number of carbonyl (C=O) groups is 3. The Morgan fingerprint density at radius 2 is 1.89 bits per heavy atom. The van der Waals surface area contributed by atoms with Gasteiger partial charge in [0, 0.05) is 0 Å². The van der Waals surface area contributed by atoms with Gasteiger partial charge in [-0.15, -0.1) is 0 Å². The number of hydrogen-bond donors (Lipinski definition) is 1. The summed E-state index contributed by atoms with van der Waals surface area (Å²) in [5.74, 6) is -1.33. The highest BCUT2D eigenvalue weighted by atomic mass is 19.1. The summed E-state index contributed by atoms with van der Waals surface area (Å²) in [4.78, 5) is 38.4. The van der Waals surface area contributed by atoms with Crippen LogP contribution in [0.2, 0.25) is 0 Å². The fourth-order valence-corrected chi connectivity index (χ4v) is 3.24. The van der Waals surface area contributed by atoms with Gasteiger partial charge in [-0.2, -0.15) is 0 Å². The molecule has 1 aliphatic rings. The van der Waals surface area contributed by atoms with E-state index in [-0.39, 0.29) is 6.54 Å². The third-order valence-corrected chi connectivity index (χ3v) is 4.73. The number of benzene rings is 2. The first-order chi connectivity index (χ1) is 12.9. The van der Waals surface area contributed by atoms with Gasteiger partial charge in [-0.1, -0.05) is 31.2 Å². The number of methoxy groups -OCH3 is 1. The van der Waals surface area contributed by atoms with Crippen LogP contribution in [0.4, 0.5) is 9.18 Å². The SMILES string of the molecule is CC[C@]1(c2ccc(F)cc2)NC(=O)N(Cc2cccc(C(=O)OC)c2)C1=O. The minimum Gasteiger partial charge on any atom is -0.465 e. The lowest BCUT2D eigenvalue weighted by atomic mass is 9.87. The number of urea groups is 1. The van der Waals surface area contributed by atoms with E-state index in [9.17, 15) is 18.8 Å². The standard InChI is InChI=1S/C20H19FN2O4/c1-3-20(15-7-9-16(21)10-8-15)18(25)23(19(26)22-20)12-13-5-4-6-14(11-13)17(24)27-2/h4-11H,3,12H2,1-2H3,(H,22,26)/t20-/m1/s1. The van der Waals surface area contributed by atoms with E-state index in [0.717, 1.165) is 4.90 Å². The summed E-state index contributed by atoms with van der Waals surface area (Å²) in [6, 6.07) is 11.5. The van der Waals surface area contributed by atoms with Crippen LogP contribution in [0.1, 0.15) is 34.8 Å². The van der Waals surface area contributed by atoms with E-state index >= 15 is 0 Å². The predicted octanol–water partition coefficient (Wildman–Crippen LogP) is 2.97. The fourth-order valence-electron chi connectivity index (χ4n) is 3.24. The van der Waals surface area contributed by atoms with Crippen molar-refractivity contribution in [1.29, 1.82) is 0 Å². The predicted molar refractivity (Wildman–Crippen MR) is 95.2 cm³/mol. The van der Waals surface area contributed by atoms with Gasteiger partial charge in [-0.05, 0) is 41.8 Å². The Kier molecular flexibility index (Phi) is 4.94. The van der Waals surface area contributed by atoms with E-state index < -0.39 is 29.3 Å². The zero-order valence-electron chi connectivity index (χ0n) is 15.0. The molecule has 2 aromatic carbocycles. The van der Waals surface area contributed by atoms with Crippen molar-refractivity contribution in [2.24, 2.45) is 0 Å². The monoisotopic (exact) mass is 370 g/mol. The third-order valence-electron chi connectivity index (χ3n) is 4.73. The molecule has 0 aromatic heterocycles. The number of rotatable bonds is 5. The van der Waals surface area contributed by atoms with E-state index in [2.05, 4.69) is 5.32 Å². The second-order valence-corrected chi connectivity index (χ2v) is 6.28. The zero-order chi connectivity index (χ0) is 19.6. The number of nitrogens with zero attached hydrogens (tertiary/aromatic N) is 1. The number of carbonyl (C=O) groups excluding carboxylic acids is 3. The van der Waals surface area contributed by atoms with Gasteiger partial charge in [0.2, 0.25) is 0 Å². The van der Waals surface area contributed by atoms with Crippen molar-refractivity contribution in [3.63, 3.8) is 0 Å². The lowest BCUT2D eigenvalue weighted by molar-refractivity contribution is -0.132. The molecule has 3 amide bonds. The third kappa shape index (κ3) is 3.28. The van der Waals surface area contributed by atoms with Gasteiger partial charge in [0.1, 0.15) is 11.4 Å². The quantitative estimate of drug-likeness (QED) is 0.649. The highest BCUT2D eigenvalue weighted by Crippen LogP contribution is 2.33. The molecule has 6 nitrogen and oxygen atoms in total. The van der Waals surface area contributed by atoms with Crippen LogP contribution in [0.15, 0.2) is 48.5 Å². The molecule has 0 spiro atoms.